The molecule has 0 saturated heterocycles. The number of benzene rings is 1. The van der Waals surface area contributed by atoms with Gasteiger partial charge in [0, 0.05) is 11.7 Å². The predicted molar refractivity (Wildman–Crippen MR) is 57.0 cm³/mol. The van der Waals surface area contributed by atoms with Gasteiger partial charge in [0.25, 0.3) is 0 Å². The van der Waals surface area contributed by atoms with Crippen LogP contribution in [0.3, 0.4) is 0 Å². The Bertz CT molecular complexity index is 287. The van der Waals surface area contributed by atoms with Crippen molar-refractivity contribution in [3.05, 3.63) is 29.8 Å². The Morgan fingerprint density at radius 3 is 2.54 bits per heavy atom. The van der Waals surface area contributed by atoms with Crippen LogP contribution in [0.25, 0.3) is 0 Å². The second-order valence-electron chi connectivity index (χ2n) is 4.23. The molecule has 1 nitrogen and oxygen atoms in total. The molecule has 1 aromatic carbocycles. The van der Waals surface area contributed by atoms with Gasteiger partial charge >= 0.3 is 0 Å². The molecular formula is C12H17N. The van der Waals surface area contributed by atoms with Crippen molar-refractivity contribution in [1.82, 2.24) is 0 Å². The molecule has 0 heterocycles. The number of anilines is 1. The molecule has 1 N–H and O–H groups in total. The Kier molecular flexibility index (Phi) is 2.26. The molecule has 0 radical (unpaired) electrons. The molecule has 13 heavy (non-hydrogen) atoms. The molecule has 0 atom stereocenters. The highest BCUT2D eigenvalue weighted by Gasteiger charge is 2.24. The van der Waals surface area contributed by atoms with Gasteiger partial charge in [-0.05, 0) is 37.3 Å². The quantitative estimate of drug-likeness (QED) is 0.727. The van der Waals surface area contributed by atoms with Crippen molar-refractivity contribution in [3.8, 4) is 0 Å². The topological polar surface area (TPSA) is 12.0 Å². The van der Waals surface area contributed by atoms with Crippen molar-refractivity contribution in [2.45, 2.75) is 32.7 Å². The molecule has 0 aromatic heterocycles. The van der Waals surface area contributed by atoms with Gasteiger partial charge in [0.05, 0.1) is 0 Å². The lowest BCUT2D eigenvalue weighted by Crippen LogP contribution is -2.33. The number of hydrogen-bond donors (Lipinski definition) is 1. The van der Waals surface area contributed by atoms with E-state index in [4.69, 9.17) is 0 Å². The number of aryl methyl sites for hydroxylation is 1. The normalized spacial score (nSPS) is 26.6. The monoisotopic (exact) mass is 175 g/mol. The Balaban J connectivity index is 1.98. The molecule has 1 fully saturated rings. The molecular weight excluding hydrogens is 158 g/mol. The van der Waals surface area contributed by atoms with Crippen LogP contribution in [0.1, 0.15) is 25.3 Å². The zero-order chi connectivity index (χ0) is 9.26. The third-order valence-corrected chi connectivity index (χ3v) is 2.88. The van der Waals surface area contributed by atoms with Crippen molar-refractivity contribution in [3.63, 3.8) is 0 Å². The van der Waals surface area contributed by atoms with Crippen molar-refractivity contribution in [1.29, 1.82) is 0 Å². The van der Waals surface area contributed by atoms with E-state index in [0.717, 1.165) is 12.0 Å². The van der Waals surface area contributed by atoms with Crippen LogP contribution in [0.4, 0.5) is 5.69 Å². The van der Waals surface area contributed by atoms with Crippen molar-refractivity contribution < 1.29 is 0 Å². The Labute approximate surface area is 80.2 Å². The maximum absolute atomic E-state index is 3.58. The van der Waals surface area contributed by atoms with Crippen LogP contribution in [0, 0.1) is 12.8 Å². The van der Waals surface area contributed by atoms with E-state index in [1.54, 1.807) is 0 Å². The summed E-state index contributed by atoms with van der Waals surface area (Å²) in [4.78, 5) is 0. The van der Waals surface area contributed by atoms with Crippen molar-refractivity contribution >= 4 is 5.69 Å². The van der Waals surface area contributed by atoms with Gasteiger partial charge in [0.2, 0.25) is 0 Å². The van der Waals surface area contributed by atoms with Crippen LogP contribution >= 0.6 is 0 Å². The number of para-hydroxylation sites is 1. The van der Waals surface area contributed by atoms with E-state index in [-0.39, 0.29) is 0 Å². The average molecular weight is 175 g/mol. The van der Waals surface area contributed by atoms with Gasteiger partial charge in [-0.1, -0.05) is 25.1 Å². The first-order valence-corrected chi connectivity index (χ1v) is 5.08. The minimum atomic E-state index is 0.719. The highest BCUT2D eigenvalue weighted by Crippen LogP contribution is 2.30. The summed E-state index contributed by atoms with van der Waals surface area (Å²) in [6.45, 7) is 4.47. The molecule has 0 aliphatic heterocycles. The van der Waals surface area contributed by atoms with Crippen LogP contribution in [-0.4, -0.2) is 6.04 Å². The summed E-state index contributed by atoms with van der Waals surface area (Å²) < 4.78 is 0. The van der Waals surface area contributed by atoms with E-state index >= 15 is 0 Å². The first kappa shape index (κ1) is 8.61. The lowest BCUT2D eigenvalue weighted by atomic mass is 9.82. The lowest BCUT2D eigenvalue weighted by Gasteiger charge is -2.34. The van der Waals surface area contributed by atoms with Crippen LogP contribution in [0.2, 0.25) is 0 Å². The Morgan fingerprint density at radius 2 is 1.92 bits per heavy atom. The summed E-state index contributed by atoms with van der Waals surface area (Å²) in [6.07, 6.45) is 2.66. The fourth-order valence-corrected chi connectivity index (χ4v) is 1.97. The van der Waals surface area contributed by atoms with Gasteiger partial charge in [-0.2, -0.15) is 0 Å². The zero-order valence-corrected chi connectivity index (χ0v) is 8.38. The summed E-state index contributed by atoms with van der Waals surface area (Å²) in [7, 11) is 0. The first-order chi connectivity index (χ1) is 6.25. The molecule has 0 spiro atoms. The maximum Gasteiger partial charge on any atom is 0.0372 e. The summed E-state index contributed by atoms with van der Waals surface area (Å²) in [6, 6.07) is 9.22. The number of hydrogen-bond acceptors (Lipinski definition) is 1. The summed E-state index contributed by atoms with van der Waals surface area (Å²) in [5.74, 6) is 0.918. The van der Waals surface area contributed by atoms with Crippen LogP contribution in [0.5, 0.6) is 0 Å². The van der Waals surface area contributed by atoms with Crippen molar-refractivity contribution in [2.75, 3.05) is 5.32 Å². The molecule has 2 rings (SSSR count). The third kappa shape index (κ3) is 1.85. The summed E-state index contributed by atoms with van der Waals surface area (Å²) in [5.41, 5.74) is 2.65. The van der Waals surface area contributed by atoms with Gasteiger partial charge < -0.3 is 5.32 Å². The summed E-state index contributed by atoms with van der Waals surface area (Å²) in [5, 5.41) is 3.58. The van der Waals surface area contributed by atoms with E-state index in [0.29, 0.717) is 0 Å². The second-order valence-corrected chi connectivity index (χ2v) is 4.23. The molecule has 0 unspecified atom stereocenters. The van der Waals surface area contributed by atoms with Gasteiger partial charge in [0.15, 0.2) is 0 Å². The minimum absolute atomic E-state index is 0.719. The smallest absolute Gasteiger partial charge is 0.0372 e. The molecule has 0 amide bonds. The van der Waals surface area contributed by atoms with Gasteiger partial charge in [0.1, 0.15) is 0 Å². The average Bonchev–Trinajstić information content (AvgIpc) is 2.06. The fraction of sp³-hybridized carbons (Fsp3) is 0.500. The third-order valence-electron chi connectivity index (χ3n) is 2.88. The van der Waals surface area contributed by atoms with Crippen LogP contribution in [-0.2, 0) is 0 Å². The molecule has 1 heteroatoms. The van der Waals surface area contributed by atoms with Crippen LogP contribution in [0.15, 0.2) is 24.3 Å². The SMILES string of the molecule is Cc1ccccc1NC1CC(C)C1. The van der Waals surface area contributed by atoms with E-state index in [1.165, 1.54) is 24.1 Å². The lowest BCUT2D eigenvalue weighted by molar-refractivity contribution is 0.309. The number of rotatable bonds is 2. The predicted octanol–water partition coefficient (Wildman–Crippen LogP) is 3.21. The largest absolute Gasteiger partial charge is 0.382 e. The first-order valence-electron chi connectivity index (χ1n) is 5.08. The molecule has 70 valence electrons. The summed E-state index contributed by atoms with van der Waals surface area (Å²) >= 11 is 0. The van der Waals surface area contributed by atoms with E-state index in [2.05, 4.69) is 43.4 Å². The number of nitrogens with one attached hydrogen (secondary N) is 1. The standard InChI is InChI=1S/C12H17N/c1-9-7-11(8-9)13-12-6-4-3-5-10(12)2/h3-6,9,11,13H,7-8H2,1-2H3. The molecule has 1 aromatic rings. The Hall–Kier alpha value is -0.980. The fourth-order valence-electron chi connectivity index (χ4n) is 1.97. The van der Waals surface area contributed by atoms with E-state index in [1.807, 2.05) is 0 Å². The zero-order valence-electron chi connectivity index (χ0n) is 8.38. The highest BCUT2D eigenvalue weighted by atomic mass is 14.9. The highest BCUT2D eigenvalue weighted by molar-refractivity contribution is 5.51. The minimum Gasteiger partial charge on any atom is -0.382 e. The van der Waals surface area contributed by atoms with E-state index in [9.17, 15) is 0 Å². The van der Waals surface area contributed by atoms with Gasteiger partial charge in [-0.15, -0.1) is 0 Å². The van der Waals surface area contributed by atoms with Crippen LogP contribution < -0.4 is 5.32 Å². The molecule has 1 aliphatic rings. The second kappa shape index (κ2) is 3.41. The molecule has 1 aliphatic carbocycles. The Morgan fingerprint density at radius 1 is 1.23 bits per heavy atom. The maximum atomic E-state index is 3.58. The molecule has 1 saturated carbocycles. The van der Waals surface area contributed by atoms with Gasteiger partial charge in [-0.25, -0.2) is 0 Å². The molecule has 0 bridgehead atoms. The van der Waals surface area contributed by atoms with Gasteiger partial charge in [-0.3, -0.25) is 0 Å². The van der Waals surface area contributed by atoms with Crippen molar-refractivity contribution in [2.24, 2.45) is 5.92 Å². The van der Waals surface area contributed by atoms with E-state index < -0.39 is 0 Å².